The van der Waals surface area contributed by atoms with Gasteiger partial charge in [-0.3, -0.25) is 9.48 Å². The largest absolute Gasteiger partial charge is 0.348 e. The summed E-state index contributed by atoms with van der Waals surface area (Å²) in [5, 5.41) is 7.03. The van der Waals surface area contributed by atoms with Gasteiger partial charge in [-0.25, -0.2) is 8.42 Å². The second-order valence-corrected chi connectivity index (χ2v) is 9.34. The van der Waals surface area contributed by atoms with Gasteiger partial charge in [-0.2, -0.15) is 9.40 Å². The number of nitrogens with one attached hydrogen (secondary N) is 1. The molecule has 0 aliphatic rings. The van der Waals surface area contributed by atoms with Crippen LogP contribution in [0.2, 0.25) is 0 Å². The van der Waals surface area contributed by atoms with Crippen molar-refractivity contribution in [3.05, 3.63) is 83.7 Å². The molecule has 8 heteroatoms. The van der Waals surface area contributed by atoms with Crippen molar-refractivity contribution in [1.29, 1.82) is 0 Å². The molecule has 0 atom stereocenters. The molecule has 0 saturated carbocycles. The van der Waals surface area contributed by atoms with Gasteiger partial charge < -0.3 is 5.32 Å². The number of amides is 1. The lowest BCUT2D eigenvalue weighted by molar-refractivity contribution is 0.0950. The van der Waals surface area contributed by atoms with E-state index in [9.17, 15) is 13.2 Å². The number of sulfonamides is 1. The zero-order chi connectivity index (χ0) is 21.7. The zero-order valence-corrected chi connectivity index (χ0v) is 18.1. The maximum Gasteiger partial charge on any atom is 0.251 e. The van der Waals surface area contributed by atoms with E-state index in [-0.39, 0.29) is 16.8 Å². The summed E-state index contributed by atoms with van der Waals surface area (Å²) in [5.41, 5.74) is 2.38. The van der Waals surface area contributed by atoms with E-state index in [1.54, 1.807) is 32.2 Å². The topological polar surface area (TPSA) is 84.3 Å². The zero-order valence-electron chi connectivity index (χ0n) is 17.3. The molecule has 1 aromatic heterocycles. The fraction of sp³-hybridized carbons (Fsp3) is 0.273. The maximum absolute atomic E-state index is 12.7. The van der Waals surface area contributed by atoms with E-state index in [0.717, 1.165) is 11.1 Å². The lowest BCUT2D eigenvalue weighted by atomic mass is 10.1. The monoisotopic (exact) mass is 426 g/mol. The Kier molecular flexibility index (Phi) is 6.69. The fourth-order valence-corrected chi connectivity index (χ4v) is 4.28. The Morgan fingerprint density at radius 3 is 2.43 bits per heavy atom. The highest BCUT2D eigenvalue weighted by Gasteiger charge is 2.23. The summed E-state index contributed by atoms with van der Waals surface area (Å²) in [5.74, 6) is -0.320. The first-order valence-corrected chi connectivity index (χ1v) is 11.1. The molecule has 0 saturated heterocycles. The minimum atomic E-state index is -3.64. The van der Waals surface area contributed by atoms with Crippen molar-refractivity contribution in [2.75, 3.05) is 7.05 Å². The molecule has 0 aliphatic carbocycles. The molecule has 7 nitrogen and oxygen atoms in total. The quantitative estimate of drug-likeness (QED) is 0.600. The first-order valence-electron chi connectivity index (χ1n) is 9.69. The van der Waals surface area contributed by atoms with Crippen LogP contribution in [0.5, 0.6) is 0 Å². The molecule has 0 spiro atoms. The number of carbonyl (C=O) groups is 1. The van der Waals surface area contributed by atoms with Gasteiger partial charge in [0.2, 0.25) is 10.0 Å². The highest BCUT2D eigenvalue weighted by Crippen LogP contribution is 2.18. The molecule has 0 fully saturated rings. The van der Waals surface area contributed by atoms with Crippen LogP contribution in [0.25, 0.3) is 0 Å². The normalized spacial score (nSPS) is 11.8. The number of aromatic nitrogens is 2. The van der Waals surface area contributed by atoms with Gasteiger partial charge in [0.1, 0.15) is 0 Å². The summed E-state index contributed by atoms with van der Waals surface area (Å²) in [6.07, 6.45) is 3.65. The van der Waals surface area contributed by atoms with Crippen molar-refractivity contribution in [2.45, 2.75) is 37.9 Å². The number of hydrogen-bond acceptors (Lipinski definition) is 4. The van der Waals surface area contributed by atoms with Gasteiger partial charge in [-0.15, -0.1) is 0 Å². The Hall–Kier alpha value is -2.97. The molecule has 30 heavy (non-hydrogen) atoms. The number of rotatable bonds is 8. The molecule has 3 rings (SSSR count). The summed E-state index contributed by atoms with van der Waals surface area (Å²) in [6.45, 7) is 4.64. The van der Waals surface area contributed by atoms with E-state index in [4.69, 9.17) is 0 Å². The molecule has 0 aliphatic heterocycles. The number of carbonyl (C=O) groups excluding carboxylic acids is 1. The summed E-state index contributed by atoms with van der Waals surface area (Å²) < 4.78 is 28.5. The smallest absolute Gasteiger partial charge is 0.251 e. The summed E-state index contributed by atoms with van der Waals surface area (Å²) >= 11 is 0. The molecular weight excluding hydrogens is 400 g/mol. The van der Waals surface area contributed by atoms with Crippen molar-refractivity contribution in [3.63, 3.8) is 0 Å². The molecule has 158 valence electrons. The molecule has 1 amide bonds. The highest BCUT2D eigenvalue weighted by atomic mass is 32.2. The Morgan fingerprint density at radius 2 is 1.80 bits per heavy atom. The average molecular weight is 427 g/mol. The molecule has 1 heterocycles. The Balaban J connectivity index is 1.64. The summed E-state index contributed by atoms with van der Waals surface area (Å²) in [7, 11) is -2.11. The van der Waals surface area contributed by atoms with Crippen LogP contribution >= 0.6 is 0 Å². The van der Waals surface area contributed by atoms with Crippen molar-refractivity contribution in [1.82, 2.24) is 19.4 Å². The van der Waals surface area contributed by atoms with Gasteiger partial charge in [0, 0.05) is 37.6 Å². The molecule has 0 unspecified atom stereocenters. The lowest BCUT2D eigenvalue weighted by Gasteiger charge is -2.21. The van der Waals surface area contributed by atoms with Crippen LogP contribution < -0.4 is 5.32 Å². The third kappa shape index (κ3) is 5.14. The van der Waals surface area contributed by atoms with Crippen LogP contribution in [0.3, 0.4) is 0 Å². The minimum absolute atomic E-state index is 0.106. The molecule has 0 radical (unpaired) electrons. The second-order valence-electron chi connectivity index (χ2n) is 7.35. The predicted octanol–water partition coefficient (Wildman–Crippen LogP) is 2.89. The van der Waals surface area contributed by atoms with Gasteiger partial charge in [0.15, 0.2) is 0 Å². The van der Waals surface area contributed by atoms with Crippen molar-refractivity contribution in [2.24, 2.45) is 0 Å². The van der Waals surface area contributed by atoms with E-state index in [1.165, 1.54) is 23.5 Å². The highest BCUT2D eigenvalue weighted by molar-refractivity contribution is 7.89. The van der Waals surface area contributed by atoms with Crippen molar-refractivity contribution >= 4 is 15.9 Å². The first kappa shape index (κ1) is 21.7. The van der Waals surface area contributed by atoms with Crippen molar-refractivity contribution in [3.8, 4) is 0 Å². The van der Waals surface area contributed by atoms with Gasteiger partial charge in [-0.1, -0.05) is 30.3 Å². The number of hydrogen-bond donors (Lipinski definition) is 1. The fourth-order valence-electron chi connectivity index (χ4n) is 2.87. The van der Waals surface area contributed by atoms with Gasteiger partial charge in [0.05, 0.1) is 11.4 Å². The van der Waals surface area contributed by atoms with E-state index < -0.39 is 10.0 Å². The van der Waals surface area contributed by atoms with Crippen LogP contribution in [0.4, 0.5) is 0 Å². The summed E-state index contributed by atoms with van der Waals surface area (Å²) in [4.78, 5) is 12.7. The standard InChI is InChI=1S/C22H26N4O3S/c1-17(2)25(3)30(28,29)21-7-4-6-20(14-21)22(27)23-15-18-8-10-19(11-9-18)16-26-13-5-12-24-26/h4-14,17H,15-16H2,1-3H3,(H,23,27). The van der Waals surface area contributed by atoms with E-state index in [0.29, 0.717) is 18.7 Å². The Bertz CT molecular complexity index is 1090. The molecule has 0 bridgehead atoms. The van der Waals surface area contributed by atoms with E-state index >= 15 is 0 Å². The van der Waals surface area contributed by atoms with Crippen LogP contribution in [0.1, 0.15) is 35.3 Å². The average Bonchev–Trinajstić information content (AvgIpc) is 3.25. The van der Waals surface area contributed by atoms with Gasteiger partial charge in [-0.05, 0) is 49.2 Å². The van der Waals surface area contributed by atoms with E-state index in [1.807, 2.05) is 41.2 Å². The Morgan fingerprint density at radius 1 is 1.10 bits per heavy atom. The van der Waals surface area contributed by atoms with Gasteiger partial charge >= 0.3 is 0 Å². The van der Waals surface area contributed by atoms with Crippen molar-refractivity contribution < 1.29 is 13.2 Å². The third-order valence-corrected chi connectivity index (χ3v) is 6.91. The van der Waals surface area contributed by atoms with Crippen LogP contribution in [0.15, 0.2) is 71.9 Å². The maximum atomic E-state index is 12.7. The molecule has 2 aromatic carbocycles. The Labute approximate surface area is 177 Å². The first-order chi connectivity index (χ1) is 14.3. The molecule has 3 aromatic rings. The van der Waals surface area contributed by atoms with Crippen LogP contribution in [-0.4, -0.2) is 41.5 Å². The van der Waals surface area contributed by atoms with Crippen LogP contribution in [0, 0.1) is 0 Å². The SMILES string of the molecule is CC(C)N(C)S(=O)(=O)c1cccc(C(=O)NCc2ccc(Cn3cccn3)cc2)c1. The number of benzene rings is 2. The lowest BCUT2D eigenvalue weighted by Crippen LogP contribution is -2.33. The number of nitrogens with zero attached hydrogens (tertiary/aromatic N) is 3. The van der Waals surface area contributed by atoms with Crippen LogP contribution in [-0.2, 0) is 23.1 Å². The van der Waals surface area contributed by atoms with Gasteiger partial charge in [0.25, 0.3) is 5.91 Å². The molecule has 1 N–H and O–H groups in total. The third-order valence-electron chi connectivity index (χ3n) is 4.88. The second kappa shape index (κ2) is 9.23. The predicted molar refractivity (Wildman–Crippen MR) is 115 cm³/mol. The summed E-state index contributed by atoms with van der Waals surface area (Å²) in [6, 6.07) is 15.7. The molecular formula is C22H26N4O3S. The van der Waals surface area contributed by atoms with E-state index in [2.05, 4.69) is 10.4 Å². The minimum Gasteiger partial charge on any atom is -0.348 e.